The zero-order chi connectivity index (χ0) is 13.9. The Morgan fingerprint density at radius 2 is 2.26 bits per heavy atom. The van der Waals surface area contributed by atoms with Crippen LogP contribution in [0.25, 0.3) is 0 Å². The minimum Gasteiger partial charge on any atom is -0.351 e. The van der Waals surface area contributed by atoms with Crippen LogP contribution in [0.1, 0.15) is 35.7 Å². The van der Waals surface area contributed by atoms with Gasteiger partial charge in [0.25, 0.3) is 5.91 Å². The van der Waals surface area contributed by atoms with E-state index in [1.165, 1.54) is 18.2 Å². The van der Waals surface area contributed by atoms with Crippen LogP contribution in [0.5, 0.6) is 0 Å². The number of carbonyl (C=O) groups is 1. The van der Waals surface area contributed by atoms with Crippen LogP contribution in [0, 0.1) is 23.1 Å². The van der Waals surface area contributed by atoms with Gasteiger partial charge in [0, 0.05) is 12.1 Å². The number of nitrogens with two attached hydrogens (primary N) is 1. The van der Waals surface area contributed by atoms with E-state index in [1.807, 2.05) is 0 Å². The maximum atomic E-state index is 13.3. The normalized spacial score (nSPS) is 15.3. The van der Waals surface area contributed by atoms with Crippen molar-refractivity contribution in [3.63, 3.8) is 0 Å². The van der Waals surface area contributed by atoms with Crippen molar-refractivity contribution in [1.29, 1.82) is 0 Å². The van der Waals surface area contributed by atoms with E-state index in [2.05, 4.69) is 24.1 Å². The monoisotopic (exact) mass is 260 g/mol. The summed E-state index contributed by atoms with van der Waals surface area (Å²) >= 11 is 0. The molecule has 0 aromatic heterocycles. The Labute approximate surface area is 112 Å². The number of nitrogens with one attached hydrogen (secondary N) is 1. The second kappa shape index (κ2) is 5.41. The van der Waals surface area contributed by atoms with Crippen LogP contribution in [0.3, 0.4) is 0 Å². The minimum atomic E-state index is -0.443. The summed E-state index contributed by atoms with van der Waals surface area (Å²) in [4.78, 5) is 12.1. The van der Waals surface area contributed by atoms with Gasteiger partial charge in [-0.3, -0.25) is 4.79 Å². The highest BCUT2D eigenvalue weighted by Crippen LogP contribution is 2.44. The number of halogens is 1. The summed E-state index contributed by atoms with van der Waals surface area (Å²) < 4.78 is 13.3. The number of benzene rings is 1. The number of carbonyl (C=O) groups excluding carboxylic acids is 1. The van der Waals surface area contributed by atoms with Gasteiger partial charge >= 0.3 is 0 Å². The summed E-state index contributed by atoms with van der Waals surface area (Å²) in [6.45, 7) is 2.94. The predicted molar refractivity (Wildman–Crippen MR) is 72.0 cm³/mol. The lowest BCUT2D eigenvalue weighted by atomic mass is 10.1. The lowest BCUT2D eigenvalue weighted by Gasteiger charge is -2.11. The molecule has 0 heterocycles. The van der Waals surface area contributed by atoms with Crippen LogP contribution in [0.4, 0.5) is 4.39 Å². The molecule has 2 rings (SSSR count). The fraction of sp³-hybridized carbons (Fsp3) is 0.400. The van der Waals surface area contributed by atoms with E-state index in [4.69, 9.17) is 5.73 Å². The molecular formula is C15H17FN2O. The Balaban J connectivity index is 2.16. The largest absolute Gasteiger partial charge is 0.351 e. The average molecular weight is 260 g/mol. The molecule has 0 aliphatic heterocycles. The molecule has 1 amide bonds. The third-order valence-corrected chi connectivity index (χ3v) is 3.33. The summed E-state index contributed by atoms with van der Waals surface area (Å²) in [5.41, 5.74) is 6.30. The van der Waals surface area contributed by atoms with Crippen LogP contribution in [0.15, 0.2) is 18.2 Å². The fourth-order valence-corrected chi connectivity index (χ4v) is 1.74. The molecule has 19 heavy (non-hydrogen) atoms. The smallest absolute Gasteiger partial charge is 0.252 e. The van der Waals surface area contributed by atoms with E-state index >= 15 is 0 Å². The van der Waals surface area contributed by atoms with Crippen molar-refractivity contribution in [2.45, 2.75) is 19.8 Å². The first-order valence-electron chi connectivity index (χ1n) is 6.31. The van der Waals surface area contributed by atoms with E-state index in [-0.39, 0.29) is 23.4 Å². The molecule has 4 heteroatoms. The third-order valence-electron chi connectivity index (χ3n) is 3.33. The lowest BCUT2D eigenvalue weighted by Crippen LogP contribution is -2.29. The van der Waals surface area contributed by atoms with Gasteiger partial charge in [-0.1, -0.05) is 18.8 Å². The van der Waals surface area contributed by atoms with Gasteiger partial charge < -0.3 is 11.1 Å². The average Bonchev–Trinajstić information content (AvgIpc) is 3.13. The van der Waals surface area contributed by atoms with E-state index in [0.29, 0.717) is 12.1 Å². The van der Waals surface area contributed by atoms with Crippen molar-refractivity contribution in [2.75, 3.05) is 13.1 Å². The highest BCUT2D eigenvalue weighted by molar-refractivity contribution is 5.96. The summed E-state index contributed by atoms with van der Waals surface area (Å²) in [5, 5.41) is 2.84. The quantitative estimate of drug-likeness (QED) is 0.812. The van der Waals surface area contributed by atoms with Crippen LogP contribution in [0.2, 0.25) is 0 Å². The standard InChI is InChI=1S/C15H17FN2O/c1-15(6-7-15)10-18-14(19)13-9-12(16)5-4-11(13)3-2-8-17/h4-5,9H,6-8,10,17H2,1H3,(H,18,19). The molecule has 1 fully saturated rings. The summed E-state index contributed by atoms with van der Waals surface area (Å²) in [6, 6.07) is 4.01. The maximum Gasteiger partial charge on any atom is 0.252 e. The van der Waals surface area contributed by atoms with Gasteiger partial charge in [-0.25, -0.2) is 4.39 Å². The Bertz CT molecular complexity index is 553. The van der Waals surface area contributed by atoms with E-state index in [1.54, 1.807) is 0 Å². The lowest BCUT2D eigenvalue weighted by molar-refractivity contribution is 0.0945. The highest BCUT2D eigenvalue weighted by atomic mass is 19.1. The first-order valence-corrected chi connectivity index (χ1v) is 6.31. The number of rotatable bonds is 3. The zero-order valence-electron chi connectivity index (χ0n) is 10.9. The van der Waals surface area contributed by atoms with Gasteiger partial charge in [0.05, 0.1) is 12.1 Å². The first-order chi connectivity index (χ1) is 9.04. The maximum absolute atomic E-state index is 13.3. The Kier molecular flexibility index (Phi) is 3.87. The zero-order valence-corrected chi connectivity index (χ0v) is 10.9. The van der Waals surface area contributed by atoms with Gasteiger partial charge in [-0.15, -0.1) is 0 Å². The molecule has 1 saturated carbocycles. The number of hydrogen-bond donors (Lipinski definition) is 2. The van der Waals surface area contributed by atoms with E-state index in [0.717, 1.165) is 12.8 Å². The molecule has 1 aliphatic carbocycles. The van der Waals surface area contributed by atoms with Crippen LogP contribution in [-0.2, 0) is 0 Å². The predicted octanol–water partition coefficient (Wildman–Crippen LogP) is 1.67. The van der Waals surface area contributed by atoms with Crippen molar-refractivity contribution in [3.05, 3.63) is 35.1 Å². The van der Waals surface area contributed by atoms with Crippen molar-refractivity contribution in [3.8, 4) is 11.8 Å². The van der Waals surface area contributed by atoms with Crippen molar-refractivity contribution in [1.82, 2.24) is 5.32 Å². The SMILES string of the molecule is CC1(CNC(=O)c2cc(F)ccc2C#CCN)CC1. The Morgan fingerprint density at radius 1 is 1.53 bits per heavy atom. The molecular weight excluding hydrogens is 243 g/mol. The molecule has 1 aromatic rings. The van der Waals surface area contributed by atoms with Gasteiger partial charge in [0.2, 0.25) is 0 Å². The molecule has 100 valence electrons. The number of amides is 1. The van der Waals surface area contributed by atoms with Crippen LogP contribution in [-0.4, -0.2) is 19.0 Å². The molecule has 0 unspecified atom stereocenters. The number of hydrogen-bond acceptors (Lipinski definition) is 2. The van der Waals surface area contributed by atoms with Crippen LogP contribution >= 0.6 is 0 Å². The van der Waals surface area contributed by atoms with E-state index in [9.17, 15) is 9.18 Å². The van der Waals surface area contributed by atoms with Gasteiger partial charge in [0.15, 0.2) is 0 Å². The molecule has 0 radical (unpaired) electrons. The Hall–Kier alpha value is -1.86. The minimum absolute atomic E-state index is 0.205. The third kappa shape index (κ3) is 3.55. The molecule has 0 atom stereocenters. The molecule has 3 N–H and O–H groups in total. The van der Waals surface area contributed by atoms with Crippen molar-refractivity contribution < 1.29 is 9.18 Å². The summed E-state index contributed by atoms with van der Waals surface area (Å²) in [7, 11) is 0. The van der Waals surface area contributed by atoms with E-state index < -0.39 is 5.82 Å². The fourth-order valence-electron chi connectivity index (χ4n) is 1.74. The van der Waals surface area contributed by atoms with Crippen LogP contribution < -0.4 is 11.1 Å². The second-order valence-corrected chi connectivity index (χ2v) is 5.19. The molecule has 1 aliphatic rings. The molecule has 0 spiro atoms. The molecule has 0 bridgehead atoms. The molecule has 3 nitrogen and oxygen atoms in total. The Morgan fingerprint density at radius 3 is 2.89 bits per heavy atom. The van der Waals surface area contributed by atoms with Crippen molar-refractivity contribution >= 4 is 5.91 Å². The molecule has 0 saturated heterocycles. The summed E-state index contributed by atoms with van der Waals surface area (Å²) in [6.07, 6.45) is 2.24. The highest BCUT2D eigenvalue weighted by Gasteiger charge is 2.37. The molecule has 1 aromatic carbocycles. The summed E-state index contributed by atoms with van der Waals surface area (Å²) in [5.74, 6) is 4.74. The second-order valence-electron chi connectivity index (χ2n) is 5.19. The van der Waals surface area contributed by atoms with Crippen molar-refractivity contribution in [2.24, 2.45) is 11.1 Å². The van der Waals surface area contributed by atoms with Gasteiger partial charge in [-0.2, -0.15) is 0 Å². The van der Waals surface area contributed by atoms with Gasteiger partial charge in [-0.05, 0) is 36.5 Å². The van der Waals surface area contributed by atoms with Gasteiger partial charge in [0.1, 0.15) is 5.82 Å². The topological polar surface area (TPSA) is 55.1 Å². The first kappa shape index (κ1) is 13.6.